The van der Waals surface area contributed by atoms with Crippen molar-refractivity contribution >= 4 is 12.2 Å². The fraction of sp³-hybridized carbons (Fsp3) is 0. The molecule has 0 saturated carbocycles. The molecule has 2 rings (SSSR count). The Labute approximate surface area is 87.9 Å². The minimum absolute atomic E-state index is 0.0152. The van der Waals surface area contributed by atoms with Crippen LogP contribution in [0.4, 0.5) is 0 Å². The van der Waals surface area contributed by atoms with E-state index in [0.29, 0.717) is 0 Å². The summed E-state index contributed by atoms with van der Waals surface area (Å²) in [5, 5.41) is 0. The lowest BCUT2D eigenvalue weighted by Gasteiger charge is -1.93. The Bertz CT molecular complexity index is 511. The molecule has 2 aromatic rings. The molecule has 0 unspecified atom stereocenters. The first-order valence-corrected chi connectivity index (χ1v) is 4.76. The molecule has 2 heteroatoms. The molecule has 0 saturated heterocycles. The molecule has 2 nitrogen and oxygen atoms in total. The number of nitrogens with one attached hydrogen (secondary N) is 1. The summed E-state index contributed by atoms with van der Waals surface area (Å²) in [6, 6.07) is 13.0. The highest BCUT2D eigenvalue weighted by Crippen LogP contribution is 2.04. The molecular weight excluding hydrogens is 186 g/mol. The average Bonchev–Trinajstić information content (AvgIpc) is 2.28. The molecule has 0 fully saturated rings. The van der Waals surface area contributed by atoms with E-state index in [1.165, 1.54) is 6.07 Å². The van der Waals surface area contributed by atoms with E-state index in [0.717, 1.165) is 11.3 Å². The summed E-state index contributed by atoms with van der Waals surface area (Å²) in [5.74, 6) is 0. The van der Waals surface area contributed by atoms with Crippen molar-refractivity contribution in [1.82, 2.24) is 4.98 Å². The predicted molar refractivity (Wildman–Crippen MR) is 62.4 cm³/mol. The Morgan fingerprint density at radius 1 is 1.00 bits per heavy atom. The van der Waals surface area contributed by atoms with E-state index >= 15 is 0 Å². The number of H-pyrrole nitrogens is 1. The average molecular weight is 197 g/mol. The molecule has 1 aromatic carbocycles. The largest absolute Gasteiger partial charge is 0.361 e. The Morgan fingerprint density at radius 3 is 2.53 bits per heavy atom. The second-order valence-corrected chi connectivity index (χ2v) is 3.22. The van der Waals surface area contributed by atoms with Gasteiger partial charge in [-0.25, -0.2) is 0 Å². The van der Waals surface area contributed by atoms with E-state index in [9.17, 15) is 4.79 Å². The van der Waals surface area contributed by atoms with Gasteiger partial charge in [-0.3, -0.25) is 4.79 Å². The summed E-state index contributed by atoms with van der Waals surface area (Å²) in [6.07, 6.45) is 5.50. The molecule has 0 aliphatic carbocycles. The first-order valence-electron chi connectivity index (χ1n) is 4.76. The molecule has 0 aliphatic heterocycles. The molecular formula is C13H11NO. The summed E-state index contributed by atoms with van der Waals surface area (Å²) in [4.78, 5) is 14.0. The summed E-state index contributed by atoms with van der Waals surface area (Å²) in [6.45, 7) is 0. The third-order valence-electron chi connectivity index (χ3n) is 2.05. The van der Waals surface area contributed by atoms with E-state index in [1.54, 1.807) is 12.3 Å². The van der Waals surface area contributed by atoms with Gasteiger partial charge in [0.2, 0.25) is 0 Å². The number of aromatic amines is 1. The van der Waals surface area contributed by atoms with Crippen LogP contribution in [0.25, 0.3) is 12.2 Å². The fourth-order valence-corrected chi connectivity index (χ4v) is 1.31. The van der Waals surface area contributed by atoms with Crippen LogP contribution in [0.1, 0.15) is 11.3 Å². The molecule has 0 atom stereocenters. The normalized spacial score (nSPS) is 10.7. The third-order valence-corrected chi connectivity index (χ3v) is 2.05. The minimum atomic E-state index is 0.0152. The smallest absolute Gasteiger partial charge is 0.182 e. The Balaban J connectivity index is 2.23. The molecule has 1 aromatic heterocycles. The maximum absolute atomic E-state index is 11.0. The van der Waals surface area contributed by atoms with Crippen LogP contribution in [-0.2, 0) is 0 Å². The maximum atomic E-state index is 11.0. The first kappa shape index (κ1) is 9.46. The highest BCUT2D eigenvalue weighted by Gasteiger charge is 1.87. The quantitative estimate of drug-likeness (QED) is 0.788. The van der Waals surface area contributed by atoms with E-state index in [-0.39, 0.29) is 5.43 Å². The van der Waals surface area contributed by atoms with Gasteiger partial charge in [0.1, 0.15) is 0 Å². The van der Waals surface area contributed by atoms with Crippen LogP contribution in [0.15, 0.2) is 53.5 Å². The zero-order chi connectivity index (χ0) is 10.5. The van der Waals surface area contributed by atoms with Crippen molar-refractivity contribution in [2.24, 2.45) is 0 Å². The molecule has 1 N–H and O–H groups in total. The molecule has 1 heterocycles. The Hall–Kier alpha value is -2.09. The molecule has 0 bridgehead atoms. The topological polar surface area (TPSA) is 32.9 Å². The van der Waals surface area contributed by atoms with Crippen molar-refractivity contribution in [3.8, 4) is 0 Å². The van der Waals surface area contributed by atoms with Crippen LogP contribution < -0.4 is 5.43 Å². The number of hydrogen-bond acceptors (Lipinski definition) is 1. The molecule has 0 spiro atoms. The van der Waals surface area contributed by atoms with Gasteiger partial charge in [-0.05, 0) is 11.6 Å². The predicted octanol–water partition coefficient (Wildman–Crippen LogP) is 2.55. The highest BCUT2D eigenvalue weighted by atomic mass is 16.1. The third kappa shape index (κ3) is 2.68. The number of benzene rings is 1. The molecule has 0 radical (unpaired) electrons. The standard InChI is InChI=1S/C13H11NO/c15-13-8-9-14-12(10-13)7-6-11-4-2-1-3-5-11/h1-10H,(H,14,15)/b7-6+. The van der Waals surface area contributed by atoms with Crippen molar-refractivity contribution in [1.29, 1.82) is 0 Å². The van der Waals surface area contributed by atoms with Gasteiger partial charge < -0.3 is 4.98 Å². The van der Waals surface area contributed by atoms with Crippen LogP contribution in [-0.4, -0.2) is 4.98 Å². The van der Waals surface area contributed by atoms with Gasteiger partial charge in [0, 0.05) is 24.0 Å². The SMILES string of the molecule is O=c1cc[nH]c(/C=C/c2ccccc2)c1. The monoisotopic (exact) mass is 197 g/mol. The lowest BCUT2D eigenvalue weighted by molar-refractivity contribution is 1.27. The van der Waals surface area contributed by atoms with E-state index in [2.05, 4.69) is 4.98 Å². The summed E-state index contributed by atoms with van der Waals surface area (Å²) < 4.78 is 0. The van der Waals surface area contributed by atoms with E-state index < -0.39 is 0 Å². The summed E-state index contributed by atoms with van der Waals surface area (Å²) in [5.41, 5.74) is 1.94. The zero-order valence-electron chi connectivity index (χ0n) is 8.18. The van der Waals surface area contributed by atoms with Crippen LogP contribution >= 0.6 is 0 Å². The Morgan fingerprint density at radius 2 is 1.80 bits per heavy atom. The highest BCUT2D eigenvalue weighted by molar-refractivity contribution is 5.67. The van der Waals surface area contributed by atoms with Crippen molar-refractivity contribution in [3.05, 3.63) is 70.1 Å². The van der Waals surface area contributed by atoms with Crippen LogP contribution in [0.2, 0.25) is 0 Å². The number of rotatable bonds is 2. The molecule has 0 aliphatic rings. The van der Waals surface area contributed by atoms with Crippen LogP contribution in [0.3, 0.4) is 0 Å². The van der Waals surface area contributed by atoms with Gasteiger partial charge in [-0.2, -0.15) is 0 Å². The van der Waals surface area contributed by atoms with Crippen molar-refractivity contribution < 1.29 is 0 Å². The lowest BCUT2D eigenvalue weighted by Crippen LogP contribution is -1.97. The summed E-state index contributed by atoms with van der Waals surface area (Å²) >= 11 is 0. The van der Waals surface area contributed by atoms with Crippen LogP contribution in [0, 0.1) is 0 Å². The van der Waals surface area contributed by atoms with Gasteiger partial charge in [0.25, 0.3) is 0 Å². The molecule has 74 valence electrons. The van der Waals surface area contributed by atoms with Crippen LogP contribution in [0.5, 0.6) is 0 Å². The van der Waals surface area contributed by atoms with Crippen molar-refractivity contribution in [2.75, 3.05) is 0 Å². The van der Waals surface area contributed by atoms with Gasteiger partial charge in [-0.15, -0.1) is 0 Å². The zero-order valence-corrected chi connectivity index (χ0v) is 8.18. The summed E-state index contributed by atoms with van der Waals surface area (Å²) in [7, 11) is 0. The fourth-order valence-electron chi connectivity index (χ4n) is 1.31. The number of pyridine rings is 1. The van der Waals surface area contributed by atoms with Gasteiger partial charge in [0.15, 0.2) is 5.43 Å². The van der Waals surface area contributed by atoms with Gasteiger partial charge in [-0.1, -0.05) is 36.4 Å². The second-order valence-electron chi connectivity index (χ2n) is 3.22. The van der Waals surface area contributed by atoms with E-state index in [4.69, 9.17) is 0 Å². The minimum Gasteiger partial charge on any atom is -0.361 e. The second kappa shape index (κ2) is 4.42. The number of aromatic nitrogens is 1. The number of hydrogen-bond donors (Lipinski definition) is 1. The molecule has 15 heavy (non-hydrogen) atoms. The first-order chi connectivity index (χ1) is 7.34. The maximum Gasteiger partial charge on any atom is 0.182 e. The van der Waals surface area contributed by atoms with Gasteiger partial charge in [0.05, 0.1) is 0 Å². The van der Waals surface area contributed by atoms with E-state index in [1.807, 2.05) is 42.5 Å². The van der Waals surface area contributed by atoms with Crippen molar-refractivity contribution in [2.45, 2.75) is 0 Å². The van der Waals surface area contributed by atoms with Crippen molar-refractivity contribution in [3.63, 3.8) is 0 Å². The Kier molecular flexibility index (Phi) is 2.79. The lowest BCUT2D eigenvalue weighted by atomic mass is 10.2. The molecule has 0 amide bonds. The van der Waals surface area contributed by atoms with Gasteiger partial charge >= 0.3 is 0 Å².